The standard InChI is InChI=1S/C10H16O8/c1-16-8(14)10(18-9(15)17-2)3-5(11)7(13)6(12)4-10/h5-7,11-13H,3-4H2,1-2H3/t5-,6-,7-,10+/m1/s1. The molecule has 0 aromatic rings. The van der Waals surface area contributed by atoms with Gasteiger partial charge in [0.15, 0.2) is 0 Å². The van der Waals surface area contributed by atoms with E-state index in [-0.39, 0.29) is 12.8 Å². The Morgan fingerprint density at radius 3 is 1.94 bits per heavy atom. The topological polar surface area (TPSA) is 123 Å². The Morgan fingerprint density at radius 2 is 1.56 bits per heavy atom. The Balaban J connectivity index is 2.98. The second kappa shape index (κ2) is 5.51. The summed E-state index contributed by atoms with van der Waals surface area (Å²) in [6, 6.07) is 0. The normalized spacial score (nSPS) is 35.7. The van der Waals surface area contributed by atoms with Gasteiger partial charge in [0.2, 0.25) is 5.60 Å². The summed E-state index contributed by atoms with van der Waals surface area (Å²) >= 11 is 0. The molecule has 0 saturated heterocycles. The largest absolute Gasteiger partial charge is 0.509 e. The van der Waals surface area contributed by atoms with E-state index in [1.165, 1.54) is 0 Å². The van der Waals surface area contributed by atoms with Gasteiger partial charge in [0, 0.05) is 12.8 Å². The van der Waals surface area contributed by atoms with Crippen molar-refractivity contribution >= 4 is 12.1 Å². The van der Waals surface area contributed by atoms with E-state index in [1.807, 2.05) is 0 Å². The van der Waals surface area contributed by atoms with Gasteiger partial charge in [-0.15, -0.1) is 0 Å². The minimum atomic E-state index is -1.86. The predicted octanol–water partition coefficient (Wildman–Crippen LogP) is -1.44. The minimum Gasteiger partial charge on any atom is -0.466 e. The van der Waals surface area contributed by atoms with E-state index < -0.39 is 36.0 Å². The molecule has 0 amide bonds. The molecule has 0 radical (unpaired) electrons. The van der Waals surface area contributed by atoms with Gasteiger partial charge in [-0.05, 0) is 0 Å². The number of aliphatic hydroxyl groups is 3. The molecule has 0 spiro atoms. The molecule has 0 aliphatic heterocycles. The van der Waals surface area contributed by atoms with Gasteiger partial charge >= 0.3 is 12.1 Å². The molecule has 18 heavy (non-hydrogen) atoms. The Kier molecular flexibility index (Phi) is 4.49. The highest BCUT2D eigenvalue weighted by Gasteiger charge is 2.53. The zero-order valence-corrected chi connectivity index (χ0v) is 10.0. The van der Waals surface area contributed by atoms with Crippen molar-refractivity contribution in [3.63, 3.8) is 0 Å². The number of methoxy groups -OCH3 is 2. The zero-order chi connectivity index (χ0) is 13.9. The van der Waals surface area contributed by atoms with Gasteiger partial charge in [0.1, 0.15) is 6.10 Å². The molecule has 8 nitrogen and oxygen atoms in total. The van der Waals surface area contributed by atoms with Crippen molar-refractivity contribution in [2.45, 2.75) is 36.8 Å². The summed E-state index contributed by atoms with van der Waals surface area (Å²) in [5.74, 6) is -0.932. The number of hydrogen-bond acceptors (Lipinski definition) is 8. The highest BCUT2D eigenvalue weighted by atomic mass is 16.7. The lowest BCUT2D eigenvalue weighted by atomic mass is 9.79. The third-order valence-electron chi connectivity index (χ3n) is 2.87. The third kappa shape index (κ3) is 2.71. The lowest BCUT2D eigenvalue weighted by Crippen LogP contribution is -2.58. The van der Waals surface area contributed by atoms with Gasteiger partial charge in [-0.1, -0.05) is 0 Å². The molecule has 0 aromatic carbocycles. The van der Waals surface area contributed by atoms with Crippen LogP contribution in [0, 0.1) is 0 Å². The molecule has 3 N–H and O–H groups in total. The second-order valence-electron chi connectivity index (χ2n) is 4.08. The summed E-state index contributed by atoms with van der Waals surface area (Å²) in [5, 5.41) is 28.5. The van der Waals surface area contributed by atoms with Crippen molar-refractivity contribution in [3.8, 4) is 0 Å². The van der Waals surface area contributed by atoms with Crippen LogP contribution in [0.4, 0.5) is 4.79 Å². The Hall–Kier alpha value is -1.38. The maximum Gasteiger partial charge on any atom is 0.509 e. The van der Waals surface area contributed by atoms with Crippen molar-refractivity contribution in [1.29, 1.82) is 0 Å². The van der Waals surface area contributed by atoms with E-state index in [2.05, 4.69) is 9.47 Å². The van der Waals surface area contributed by atoms with Crippen LogP contribution in [-0.4, -0.2) is 65.6 Å². The van der Waals surface area contributed by atoms with Gasteiger partial charge in [0.05, 0.1) is 26.4 Å². The van der Waals surface area contributed by atoms with Crippen LogP contribution >= 0.6 is 0 Å². The Morgan fingerprint density at radius 1 is 1.06 bits per heavy atom. The number of carbonyl (C=O) groups is 2. The van der Waals surface area contributed by atoms with Gasteiger partial charge in [0.25, 0.3) is 0 Å². The third-order valence-corrected chi connectivity index (χ3v) is 2.87. The van der Waals surface area contributed by atoms with E-state index in [4.69, 9.17) is 4.74 Å². The second-order valence-corrected chi connectivity index (χ2v) is 4.08. The SMILES string of the molecule is COC(=O)O[C@]1(C(=O)OC)C[C@@H](O)[C@H](O)[C@H](O)C1. The lowest BCUT2D eigenvalue weighted by molar-refractivity contribution is -0.193. The van der Waals surface area contributed by atoms with Crippen LogP contribution in [-0.2, 0) is 19.0 Å². The molecule has 1 saturated carbocycles. The lowest BCUT2D eigenvalue weighted by Gasteiger charge is -2.40. The Bertz CT molecular complexity index is 316. The van der Waals surface area contributed by atoms with Crippen LogP contribution in [0.1, 0.15) is 12.8 Å². The predicted molar refractivity (Wildman–Crippen MR) is 55.5 cm³/mol. The van der Waals surface area contributed by atoms with Crippen LogP contribution < -0.4 is 0 Å². The molecule has 0 bridgehead atoms. The Labute approximate surface area is 103 Å². The molecule has 1 rings (SSSR count). The maximum atomic E-state index is 11.7. The number of ether oxygens (including phenoxy) is 3. The van der Waals surface area contributed by atoms with E-state index in [0.29, 0.717) is 0 Å². The number of hydrogen-bond donors (Lipinski definition) is 3. The molecule has 0 unspecified atom stereocenters. The van der Waals surface area contributed by atoms with Crippen LogP contribution in [0.3, 0.4) is 0 Å². The first-order chi connectivity index (χ1) is 8.36. The summed E-state index contributed by atoms with van der Waals surface area (Å²) in [6.07, 6.45) is -6.16. The van der Waals surface area contributed by atoms with Crippen LogP contribution in [0.25, 0.3) is 0 Å². The fourth-order valence-corrected chi connectivity index (χ4v) is 1.94. The summed E-state index contributed by atoms with van der Waals surface area (Å²) in [7, 11) is 2.13. The first-order valence-electron chi connectivity index (χ1n) is 5.26. The highest BCUT2D eigenvalue weighted by Crippen LogP contribution is 2.34. The number of esters is 1. The first kappa shape index (κ1) is 14.7. The van der Waals surface area contributed by atoms with Crippen LogP contribution in [0.15, 0.2) is 0 Å². The van der Waals surface area contributed by atoms with Crippen molar-refractivity contribution in [2.24, 2.45) is 0 Å². The zero-order valence-electron chi connectivity index (χ0n) is 10.0. The summed E-state index contributed by atoms with van der Waals surface area (Å²) in [6.45, 7) is 0. The maximum absolute atomic E-state index is 11.7. The van der Waals surface area contributed by atoms with Crippen molar-refractivity contribution < 1.29 is 39.1 Å². The van der Waals surface area contributed by atoms with Gasteiger partial charge < -0.3 is 29.5 Å². The molecule has 1 aliphatic carbocycles. The minimum absolute atomic E-state index is 0.382. The first-order valence-corrected chi connectivity index (χ1v) is 5.26. The average molecular weight is 264 g/mol. The van der Waals surface area contributed by atoms with E-state index in [1.54, 1.807) is 0 Å². The molecular formula is C10H16O8. The van der Waals surface area contributed by atoms with Crippen molar-refractivity contribution in [2.75, 3.05) is 14.2 Å². The molecule has 0 heterocycles. The monoisotopic (exact) mass is 264 g/mol. The molecular weight excluding hydrogens is 248 g/mol. The van der Waals surface area contributed by atoms with E-state index in [9.17, 15) is 24.9 Å². The quantitative estimate of drug-likeness (QED) is 0.518. The smallest absolute Gasteiger partial charge is 0.466 e. The van der Waals surface area contributed by atoms with Crippen LogP contribution in [0.5, 0.6) is 0 Å². The molecule has 1 aliphatic rings. The van der Waals surface area contributed by atoms with Crippen molar-refractivity contribution in [3.05, 3.63) is 0 Å². The molecule has 2 atom stereocenters. The molecule has 8 heteroatoms. The van der Waals surface area contributed by atoms with Gasteiger partial charge in [-0.25, -0.2) is 9.59 Å². The van der Waals surface area contributed by atoms with Gasteiger partial charge in [-0.3, -0.25) is 0 Å². The number of rotatable bonds is 2. The molecule has 104 valence electrons. The summed E-state index contributed by atoms with van der Waals surface area (Å²) in [4.78, 5) is 22.8. The number of carbonyl (C=O) groups excluding carboxylic acids is 2. The molecule has 1 fully saturated rings. The molecule has 0 aromatic heterocycles. The van der Waals surface area contributed by atoms with E-state index >= 15 is 0 Å². The highest BCUT2D eigenvalue weighted by molar-refractivity contribution is 5.82. The summed E-state index contributed by atoms with van der Waals surface area (Å²) < 4.78 is 13.6. The number of aliphatic hydroxyl groups excluding tert-OH is 3. The van der Waals surface area contributed by atoms with Crippen molar-refractivity contribution in [1.82, 2.24) is 0 Å². The fourth-order valence-electron chi connectivity index (χ4n) is 1.94. The average Bonchev–Trinajstić information content (AvgIpc) is 2.34. The van der Waals surface area contributed by atoms with Crippen LogP contribution in [0.2, 0.25) is 0 Å². The fraction of sp³-hybridized carbons (Fsp3) is 0.800. The summed E-state index contributed by atoms with van der Waals surface area (Å²) in [5.41, 5.74) is -1.86. The van der Waals surface area contributed by atoms with E-state index in [0.717, 1.165) is 14.2 Å². The van der Waals surface area contributed by atoms with Gasteiger partial charge in [-0.2, -0.15) is 0 Å².